The van der Waals surface area contributed by atoms with Gasteiger partial charge in [0, 0.05) is 12.6 Å². The molecule has 2 aromatic rings. The number of benzene rings is 1. The summed E-state index contributed by atoms with van der Waals surface area (Å²) in [6, 6.07) is 9.88. The van der Waals surface area contributed by atoms with Crippen molar-refractivity contribution in [3.8, 4) is 0 Å². The largest absolute Gasteiger partial charge is 0.374 e. The molecule has 5 nitrogen and oxygen atoms in total. The van der Waals surface area contributed by atoms with Gasteiger partial charge in [-0.3, -0.25) is 0 Å². The van der Waals surface area contributed by atoms with Gasteiger partial charge >= 0.3 is 0 Å². The van der Waals surface area contributed by atoms with E-state index in [4.69, 9.17) is 9.63 Å². The highest BCUT2D eigenvalue weighted by Gasteiger charge is 2.09. The number of aryl methyl sites for hydroxylation is 2. The van der Waals surface area contributed by atoms with Gasteiger partial charge in [0.2, 0.25) is 0 Å². The molecule has 0 aliphatic rings. The summed E-state index contributed by atoms with van der Waals surface area (Å²) in [6.45, 7) is 4.20. The summed E-state index contributed by atoms with van der Waals surface area (Å²) in [4.78, 5) is 3.99. The third-order valence-electron chi connectivity index (χ3n) is 2.81. The second-order valence-corrected chi connectivity index (χ2v) is 4.25. The Bertz CT molecular complexity index is 576. The molecular weight excluding hydrogens is 242 g/mol. The Kier molecular flexibility index (Phi) is 4.30. The number of aliphatic hydroxyl groups is 1. The van der Waals surface area contributed by atoms with Crippen molar-refractivity contribution in [1.29, 1.82) is 0 Å². The highest BCUT2D eigenvalue weighted by atomic mass is 16.5. The van der Waals surface area contributed by atoms with E-state index < -0.39 is 0 Å². The van der Waals surface area contributed by atoms with Gasteiger partial charge in [-0.2, -0.15) is 0 Å². The third-order valence-corrected chi connectivity index (χ3v) is 2.81. The number of rotatable bonds is 4. The lowest BCUT2D eigenvalue weighted by Crippen LogP contribution is -2.25. The molecule has 2 rings (SSSR count). The van der Waals surface area contributed by atoms with Gasteiger partial charge in [0.15, 0.2) is 5.84 Å². The highest BCUT2D eigenvalue weighted by Crippen LogP contribution is 2.07. The monoisotopic (exact) mass is 259 g/mol. The molecule has 0 atom stereocenters. The number of aliphatic hydroxyl groups excluding tert-OH is 1. The minimum atomic E-state index is -0.290. The molecule has 1 aromatic heterocycles. The summed E-state index contributed by atoms with van der Waals surface area (Å²) in [5.41, 5.74) is 2.98. The Morgan fingerprint density at radius 3 is 2.79 bits per heavy atom. The second kappa shape index (κ2) is 6.15. The summed E-state index contributed by atoms with van der Waals surface area (Å²) in [6.07, 6.45) is 0. The predicted octanol–water partition coefficient (Wildman–Crippen LogP) is 1.78. The standard InChI is InChI=1S/C14H17N3O2/c1-10-5-3-4-6-12(10)8-15-14(16-9-18)13-7-11(2)19-17-13/h3-7,18H,8-9H2,1-2H3,(H,15,16). The average molecular weight is 259 g/mol. The van der Waals surface area contributed by atoms with E-state index >= 15 is 0 Å². The molecule has 0 unspecified atom stereocenters. The van der Waals surface area contributed by atoms with Crippen molar-refractivity contribution in [3.05, 3.63) is 52.9 Å². The molecule has 0 spiro atoms. The summed E-state index contributed by atoms with van der Waals surface area (Å²) in [5, 5.41) is 16.0. The van der Waals surface area contributed by atoms with Gasteiger partial charge in [-0.05, 0) is 25.0 Å². The van der Waals surface area contributed by atoms with Crippen molar-refractivity contribution in [1.82, 2.24) is 10.5 Å². The fourth-order valence-electron chi connectivity index (χ4n) is 1.76. The predicted molar refractivity (Wildman–Crippen MR) is 72.9 cm³/mol. The molecule has 0 aliphatic heterocycles. The first-order valence-corrected chi connectivity index (χ1v) is 6.08. The molecule has 2 N–H and O–H groups in total. The number of aliphatic imine (C=N–C) groups is 1. The third kappa shape index (κ3) is 3.42. The molecule has 100 valence electrons. The van der Waals surface area contributed by atoms with Crippen LogP contribution in [0.2, 0.25) is 0 Å². The van der Waals surface area contributed by atoms with E-state index in [2.05, 4.69) is 28.5 Å². The molecular formula is C14H17N3O2. The van der Waals surface area contributed by atoms with Crippen LogP contribution in [0.25, 0.3) is 0 Å². The van der Waals surface area contributed by atoms with E-state index in [0.717, 1.165) is 0 Å². The molecule has 0 amide bonds. The van der Waals surface area contributed by atoms with Gasteiger partial charge in [-0.1, -0.05) is 29.4 Å². The zero-order valence-electron chi connectivity index (χ0n) is 11.1. The summed E-state index contributed by atoms with van der Waals surface area (Å²) in [7, 11) is 0. The lowest BCUT2D eigenvalue weighted by Gasteiger charge is -2.09. The minimum absolute atomic E-state index is 0.290. The van der Waals surface area contributed by atoms with E-state index in [1.807, 2.05) is 25.1 Å². The van der Waals surface area contributed by atoms with Gasteiger partial charge in [0.05, 0.1) is 0 Å². The Labute approximate surface area is 112 Å². The zero-order chi connectivity index (χ0) is 13.7. The molecule has 0 saturated carbocycles. The van der Waals surface area contributed by atoms with E-state index in [-0.39, 0.29) is 6.73 Å². The second-order valence-electron chi connectivity index (χ2n) is 4.25. The smallest absolute Gasteiger partial charge is 0.153 e. The number of amidine groups is 1. The number of aromatic nitrogens is 1. The van der Waals surface area contributed by atoms with E-state index in [0.29, 0.717) is 23.8 Å². The summed E-state index contributed by atoms with van der Waals surface area (Å²) < 4.78 is 5.02. The van der Waals surface area contributed by atoms with Crippen LogP contribution in [-0.2, 0) is 6.54 Å². The first kappa shape index (κ1) is 13.3. The van der Waals surface area contributed by atoms with Crippen molar-refractivity contribution in [2.75, 3.05) is 6.73 Å². The Morgan fingerprint density at radius 1 is 1.37 bits per heavy atom. The zero-order valence-corrected chi connectivity index (χ0v) is 11.1. The SMILES string of the molecule is Cc1cc(/C(=N/CO)NCc2ccccc2C)no1. The minimum Gasteiger partial charge on any atom is -0.374 e. The van der Waals surface area contributed by atoms with Crippen LogP contribution in [0.1, 0.15) is 22.6 Å². The van der Waals surface area contributed by atoms with Crippen molar-refractivity contribution in [2.45, 2.75) is 20.4 Å². The van der Waals surface area contributed by atoms with Crippen molar-refractivity contribution >= 4 is 5.84 Å². The van der Waals surface area contributed by atoms with E-state index in [9.17, 15) is 0 Å². The van der Waals surface area contributed by atoms with Crippen LogP contribution >= 0.6 is 0 Å². The first-order chi connectivity index (χ1) is 9.20. The number of nitrogens with one attached hydrogen (secondary N) is 1. The van der Waals surface area contributed by atoms with Crippen LogP contribution in [0.15, 0.2) is 39.8 Å². The molecule has 0 aliphatic carbocycles. The fraction of sp³-hybridized carbons (Fsp3) is 0.286. The summed E-state index contributed by atoms with van der Waals surface area (Å²) >= 11 is 0. The molecule has 0 saturated heterocycles. The molecule has 0 bridgehead atoms. The Morgan fingerprint density at radius 2 is 2.16 bits per heavy atom. The number of hydrogen-bond acceptors (Lipinski definition) is 4. The van der Waals surface area contributed by atoms with Crippen molar-refractivity contribution in [3.63, 3.8) is 0 Å². The maximum atomic E-state index is 8.97. The highest BCUT2D eigenvalue weighted by molar-refractivity contribution is 5.96. The van der Waals surface area contributed by atoms with Crippen LogP contribution in [-0.4, -0.2) is 22.8 Å². The molecule has 1 heterocycles. The molecule has 19 heavy (non-hydrogen) atoms. The average Bonchev–Trinajstić information content (AvgIpc) is 2.83. The van der Waals surface area contributed by atoms with E-state index in [1.165, 1.54) is 11.1 Å². The van der Waals surface area contributed by atoms with E-state index in [1.54, 1.807) is 6.07 Å². The van der Waals surface area contributed by atoms with Crippen molar-refractivity contribution < 1.29 is 9.63 Å². The van der Waals surface area contributed by atoms with Gasteiger partial charge < -0.3 is 14.9 Å². The van der Waals surface area contributed by atoms with Crippen molar-refractivity contribution in [2.24, 2.45) is 4.99 Å². The molecule has 0 fully saturated rings. The first-order valence-electron chi connectivity index (χ1n) is 6.08. The maximum Gasteiger partial charge on any atom is 0.153 e. The van der Waals surface area contributed by atoms with Gasteiger partial charge in [-0.25, -0.2) is 4.99 Å². The van der Waals surface area contributed by atoms with Gasteiger partial charge in [0.25, 0.3) is 0 Å². The lowest BCUT2D eigenvalue weighted by atomic mass is 10.1. The lowest BCUT2D eigenvalue weighted by molar-refractivity contribution is 0.308. The van der Waals surface area contributed by atoms with Crippen LogP contribution < -0.4 is 5.32 Å². The van der Waals surface area contributed by atoms with Gasteiger partial charge in [0.1, 0.15) is 18.2 Å². The summed E-state index contributed by atoms with van der Waals surface area (Å²) in [5.74, 6) is 1.24. The maximum absolute atomic E-state index is 8.97. The topological polar surface area (TPSA) is 70.7 Å². The van der Waals surface area contributed by atoms with Crippen LogP contribution in [0.4, 0.5) is 0 Å². The molecule has 1 aromatic carbocycles. The Balaban J connectivity index is 2.11. The normalized spacial score (nSPS) is 11.6. The number of hydrogen-bond donors (Lipinski definition) is 2. The van der Waals surface area contributed by atoms with Crippen LogP contribution in [0.5, 0.6) is 0 Å². The van der Waals surface area contributed by atoms with Crippen LogP contribution in [0.3, 0.4) is 0 Å². The quantitative estimate of drug-likeness (QED) is 0.648. The fourth-order valence-corrected chi connectivity index (χ4v) is 1.76. The molecule has 5 heteroatoms. The number of nitrogens with zero attached hydrogens (tertiary/aromatic N) is 2. The Hall–Kier alpha value is -2.14. The molecule has 0 radical (unpaired) electrons. The van der Waals surface area contributed by atoms with Crippen LogP contribution in [0, 0.1) is 13.8 Å². The van der Waals surface area contributed by atoms with Gasteiger partial charge in [-0.15, -0.1) is 0 Å².